The molecule has 0 bridgehead atoms. The van der Waals surface area contributed by atoms with E-state index in [1.807, 2.05) is 28.7 Å². The summed E-state index contributed by atoms with van der Waals surface area (Å²) in [6.45, 7) is 0. The lowest BCUT2D eigenvalue weighted by Gasteiger charge is -2.50. The maximum atomic E-state index is 15.5. The highest BCUT2D eigenvalue weighted by Gasteiger charge is 2.70. The molecule has 57 heavy (non-hydrogen) atoms. The van der Waals surface area contributed by atoms with Gasteiger partial charge >= 0.3 is 5.97 Å². The highest BCUT2D eigenvalue weighted by atomic mass is 127. The Hall–Kier alpha value is -5.32. The van der Waals surface area contributed by atoms with Crippen LogP contribution in [0.2, 0.25) is 10.0 Å². The number of ether oxygens (including phenoxy) is 2. The number of aromatic hydroxyl groups is 2. The number of carbonyl (C=O) groups excluding carboxylic acids is 4. The number of benzene rings is 4. The van der Waals surface area contributed by atoms with E-state index < -0.39 is 75.9 Å². The van der Waals surface area contributed by atoms with Crippen molar-refractivity contribution in [1.82, 2.24) is 5.01 Å². The summed E-state index contributed by atoms with van der Waals surface area (Å²) in [4.78, 5) is 71.8. The fourth-order valence-corrected chi connectivity index (χ4v) is 10.3. The number of hydrogen-bond acceptors (Lipinski definition) is 10. The molecule has 2 heterocycles. The summed E-state index contributed by atoms with van der Waals surface area (Å²) in [6.07, 6.45) is 1.95. The molecule has 4 aromatic carbocycles. The van der Waals surface area contributed by atoms with E-state index in [4.69, 9.17) is 32.7 Å². The minimum Gasteiger partial charge on any atom is -0.507 e. The summed E-state index contributed by atoms with van der Waals surface area (Å²) in [5.41, 5.74) is 2.79. The van der Waals surface area contributed by atoms with Crippen LogP contribution in [-0.4, -0.2) is 64.1 Å². The monoisotopic (exact) mass is 923 g/mol. The van der Waals surface area contributed by atoms with E-state index >= 15 is 9.59 Å². The van der Waals surface area contributed by atoms with E-state index in [1.54, 1.807) is 48.5 Å². The van der Waals surface area contributed by atoms with Crippen molar-refractivity contribution in [3.63, 3.8) is 0 Å². The van der Waals surface area contributed by atoms with Gasteiger partial charge in [0.15, 0.2) is 11.5 Å². The van der Waals surface area contributed by atoms with Gasteiger partial charge in [-0.3, -0.25) is 24.6 Å². The van der Waals surface area contributed by atoms with Gasteiger partial charge in [0.05, 0.1) is 57.4 Å². The number of carboxylic acid groups (broad SMARTS) is 1. The number of methoxy groups -OCH3 is 2. The molecule has 6 atom stereocenters. The molecule has 3 fully saturated rings. The summed E-state index contributed by atoms with van der Waals surface area (Å²) in [5.74, 6) is -8.47. The Labute approximate surface area is 348 Å². The number of rotatable bonds is 8. The summed E-state index contributed by atoms with van der Waals surface area (Å²) in [7, 11) is 2.91. The van der Waals surface area contributed by atoms with Gasteiger partial charge in [-0.05, 0) is 107 Å². The number of fused-ring (bicyclic) bond motifs is 4. The lowest BCUT2D eigenvalue weighted by atomic mass is 9.49. The molecule has 13 nitrogen and oxygen atoms in total. The third-order valence-corrected chi connectivity index (χ3v) is 13.0. The Balaban J connectivity index is 1.33. The van der Waals surface area contributed by atoms with Crippen LogP contribution in [0.25, 0.3) is 0 Å². The lowest BCUT2D eigenvalue weighted by molar-refractivity contribution is -0.138. The minimum absolute atomic E-state index is 0.00329. The van der Waals surface area contributed by atoms with Crippen molar-refractivity contribution in [2.75, 3.05) is 24.5 Å². The zero-order valence-electron chi connectivity index (χ0n) is 30.0. The van der Waals surface area contributed by atoms with Crippen molar-refractivity contribution in [3.05, 3.63) is 115 Å². The molecule has 4 aliphatic rings. The van der Waals surface area contributed by atoms with Crippen molar-refractivity contribution in [2.24, 2.45) is 23.7 Å². The summed E-state index contributed by atoms with van der Waals surface area (Å²) < 4.78 is 11.5. The number of hydrazine groups is 1. The number of imide groups is 2. The van der Waals surface area contributed by atoms with Crippen LogP contribution >= 0.6 is 45.8 Å². The first-order chi connectivity index (χ1) is 27.2. The van der Waals surface area contributed by atoms with Crippen LogP contribution in [0.5, 0.6) is 23.0 Å². The molecule has 4 N–H and O–H groups in total. The van der Waals surface area contributed by atoms with Crippen molar-refractivity contribution in [1.29, 1.82) is 0 Å². The SMILES string of the molecule is COc1ccc(C23C(=O)N(Nc4ccc(Cl)cc4Cl)C(=O)C2CC2C(=CCC4C(=O)N(c5ccc(C(=O)O)c(O)c5)C(=O)C42)C3c2cc(I)c(O)c(OC)c2)cc1. The molecule has 0 aromatic heterocycles. The van der Waals surface area contributed by atoms with Gasteiger partial charge in [0.2, 0.25) is 11.8 Å². The number of anilines is 2. The van der Waals surface area contributed by atoms with Gasteiger partial charge in [-0.1, -0.05) is 47.0 Å². The van der Waals surface area contributed by atoms with E-state index in [2.05, 4.69) is 5.43 Å². The molecule has 1 saturated carbocycles. The maximum absolute atomic E-state index is 15.5. The van der Waals surface area contributed by atoms with Gasteiger partial charge in [0.25, 0.3) is 11.8 Å². The lowest BCUT2D eigenvalue weighted by Crippen LogP contribution is -2.53. The quantitative estimate of drug-likeness (QED) is 0.0819. The first kappa shape index (κ1) is 38.5. The number of phenolic OH excluding ortho intramolecular Hbond substituents is 1. The number of carboxylic acids is 1. The Bertz CT molecular complexity index is 2460. The zero-order valence-corrected chi connectivity index (χ0v) is 33.7. The number of halogens is 3. The molecule has 2 aliphatic heterocycles. The number of carbonyl (C=O) groups is 5. The standard InChI is InChI=1S/C41H32Cl2IN3O10/c1-56-22-7-3-19(4-8-22)41-27(37(51)47(40(41)55)45-30-12-5-20(42)15-28(30)43)17-26-23(34(41)18-13-29(44)35(49)32(14-18)57-2)10-11-25-33(26)38(52)46(36(25)50)21-6-9-24(39(53)54)31(48)16-21/h3-10,12-16,25-27,33-34,45,48-49H,11,17H2,1-2H3,(H,53,54). The molecule has 4 amide bonds. The van der Waals surface area contributed by atoms with Gasteiger partial charge in [-0.15, -0.1) is 0 Å². The van der Waals surface area contributed by atoms with Crippen LogP contribution < -0.4 is 19.8 Å². The summed E-state index contributed by atoms with van der Waals surface area (Å²) in [5, 5.41) is 32.4. The topological polar surface area (TPSA) is 183 Å². The molecular weight excluding hydrogens is 892 g/mol. The second kappa shape index (κ2) is 14.3. The largest absolute Gasteiger partial charge is 0.507 e. The van der Waals surface area contributed by atoms with Crippen LogP contribution in [0.1, 0.15) is 40.2 Å². The average Bonchev–Trinajstić information content (AvgIpc) is 3.57. The highest BCUT2D eigenvalue weighted by molar-refractivity contribution is 14.1. The van der Waals surface area contributed by atoms with Gasteiger partial charge in [-0.25, -0.2) is 9.69 Å². The van der Waals surface area contributed by atoms with Crippen molar-refractivity contribution in [2.45, 2.75) is 24.2 Å². The molecule has 2 aliphatic carbocycles. The third-order valence-electron chi connectivity index (χ3n) is 11.7. The predicted molar refractivity (Wildman–Crippen MR) is 216 cm³/mol. The Morgan fingerprint density at radius 2 is 1.63 bits per heavy atom. The second-order valence-corrected chi connectivity index (χ2v) is 16.3. The second-order valence-electron chi connectivity index (χ2n) is 14.3. The Morgan fingerprint density at radius 1 is 0.895 bits per heavy atom. The zero-order chi connectivity index (χ0) is 40.7. The Kier molecular flexibility index (Phi) is 9.64. The van der Waals surface area contributed by atoms with Crippen molar-refractivity contribution in [3.8, 4) is 23.0 Å². The molecule has 0 spiro atoms. The molecule has 4 aromatic rings. The van der Waals surface area contributed by atoms with E-state index in [-0.39, 0.29) is 40.7 Å². The normalized spacial score (nSPS) is 25.1. The first-order valence-electron chi connectivity index (χ1n) is 17.7. The van der Waals surface area contributed by atoms with Crippen LogP contribution in [0, 0.1) is 27.2 Å². The number of nitrogens with zero attached hydrogens (tertiary/aromatic N) is 2. The third kappa shape index (κ3) is 5.82. The van der Waals surface area contributed by atoms with E-state index in [0.717, 1.165) is 22.0 Å². The number of nitrogens with one attached hydrogen (secondary N) is 1. The van der Waals surface area contributed by atoms with E-state index in [0.29, 0.717) is 31.0 Å². The molecule has 0 radical (unpaired) electrons. The van der Waals surface area contributed by atoms with Crippen LogP contribution in [0.3, 0.4) is 0 Å². The van der Waals surface area contributed by atoms with E-state index in [9.17, 15) is 29.7 Å². The van der Waals surface area contributed by atoms with Crippen LogP contribution in [0.15, 0.2) is 84.4 Å². The average molecular weight is 925 g/mol. The van der Waals surface area contributed by atoms with Crippen LogP contribution in [0.4, 0.5) is 11.4 Å². The van der Waals surface area contributed by atoms with Crippen molar-refractivity contribution >= 4 is 86.8 Å². The summed E-state index contributed by atoms with van der Waals surface area (Å²) in [6, 6.07) is 18.2. The maximum Gasteiger partial charge on any atom is 0.339 e. The highest BCUT2D eigenvalue weighted by Crippen LogP contribution is 2.65. The Morgan fingerprint density at radius 3 is 2.28 bits per heavy atom. The van der Waals surface area contributed by atoms with Gasteiger partial charge < -0.3 is 24.8 Å². The number of aromatic carboxylic acids is 1. The smallest absolute Gasteiger partial charge is 0.339 e. The molecular formula is C41H32Cl2IN3O10. The molecule has 16 heteroatoms. The number of hydrogen-bond donors (Lipinski definition) is 4. The fourth-order valence-electron chi connectivity index (χ4n) is 9.23. The predicted octanol–water partition coefficient (Wildman–Crippen LogP) is 6.91. The number of allylic oxidation sites excluding steroid dienone is 2. The number of amides is 4. The molecule has 2 saturated heterocycles. The molecule has 8 rings (SSSR count). The molecule has 292 valence electrons. The summed E-state index contributed by atoms with van der Waals surface area (Å²) >= 11 is 14.7. The van der Waals surface area contributed by atoms with Crippen LogP contribution in [-0.2, 0) is 24.6 Å². The minimum atomic E-state index is -1.65. The molecule has 6 unspecified atom stereocenters. The van der Waals surface area contributed by atoms with Gasteiger partial charge in [0.1, 0.15) is 17.1 Å². The van der Waals surface area contributed by atoms with E-state index in [1.165, 1.54) is 26.4 Å². The fraction of sp³-hybridized carbons (Fsp3) is 0.244. The van der Waals surface area contributed by atoms with Crippen molar-refractivity contribution < 1.29 is 48.8 Å². The number of phenols is 2. The van der Waals surface area contributed by atoms with Gasteiger partial charge in [-0.2, -0.15) is 5.01 Å². The first-order valence-corrected chi connectivity index (χ1v) is 19.5. The van der Waals surface area contributed by atoms with Gasteiger partial charge in [0, 0.05) is 17.0 Å².